The van der Waals surface area contributed by atoms with Crippen molar-refractivity contribution in [2.24, 2.45) is 10.9 Å². The number of nitrogens with zero attached hydrogens (tertiary/aromatic N) is 3. The third-order valence-corrected chi connectivity index (χ3v) is 5.87. The number of rotatable bonds is 10. The molecule has 1 fully saturated rings. The highest BCUT2D eigenvalue weighted by atomic mass is 32.2. The van der Waals surface area contributed by atoms with Crippen LogP contribution in [0, 0.1) is 11.7 Å². The van der Waals surface area contributed by atoms with Crippen LogP contribution < -0.4 is 10.6 Å². The zero-order valence-corrected chi connectivity index (χ0v) is 18.4. The molecule has 0 aliphatic carbocycles. The summed E-state index contributed by atoms with van der Waals surface area (Å²) in [5.74, 6) is 2.27. The van der Waals surface area contributed by atoms with Crippen molar-refractivity contribution >= 4 is 17.7 Å². The summed E-state index contributed by atoms with van der Waals surface area (Å²) < 4.78 is 12.9. The highest BCUT2D eigenvalue weighted by Gasteiger charge is 2.15. The molecule has 1 aliphatic rings. The normalized spacial score (nSPS) is 17.5. The summed E-state index contributed by atoms with van der Waals surface area (Å²) >= 11 is 1.76. The maximum absolute atomic E-state index is 12.9. The molecule has 2 rings (SSSR count). The van der Waals surface area contributed by atoms with Gasteiger partial charge in [-0.1, -0.05) is 6.92 Å². The summed E-state index contributed by atoms with van der Waals surface area (Å²) in [4.78, 5) is 10.8. The van der Waals surface area contributed by atoms with Crippen LogP contribution in [0.4, 0.5) is 4.39 Å². The molecule has 0 spiro atoms. The minimum atomic E-state index is -0.181. The van der Waals surface area contributed by atoms with Crippen LogP contribution in [-0.2, 0) is 0 Å². The van der Waals surface area contributed by atoms with Crippen LogP contribution in [0.3, 0.4) is 0 Å². The number of guanidine groups is 1. The second kappa shape index (κ2) is 13.0. The number of hydrogen-bond donors (Lipinski definition) is 2. The second-order valence-electron chi connectivity index (χ2n) is 7.51. The fraction of sp³-hybridized carbons (Fsp3) is 0.667. The third kappa shape index (κ3) is 9.26. The van der Waals surface area contributed by atoms with Gasteiger partial charge in [0, 0.05) is 57.3 Å². The molecule has 1 atom stereocenters. The van der Waals surface area contributed by atoms with E-state index in [-0.39, 0.29) is 5.82 Å². The van der Waals surface area contributed by atoms with Crippen LogP contribution in [0.1, 0.15) is 20.3 Å². The summed E-state index contributed by atoms with van der Waals surface area (Å²) in [6.45, 7) is 12.7. The van der Waals surface area contributed by atoms with Crippen molar-refractivity contribution in [3.63, 3.8) is 0 Å². The van der Waals surface area contributed by atoms with Gasteiger partial charge >= 0.3 is 0 Å². The average Bonchev–Trinajstić information content (AvgIpc) is 2.69. The summed E-state index contributed by atoms with van der Waals surface area (Å²) in [6.07, 6.45) is 1.03. The quantitative estimate of drug-likeness (QED) is 0.269. The van der Waals surface area contributed by atoms with E-state index >= 15 is 0 Å². The number of benzene rings is 1. The Morgan fingerprint density at radius 2 is 1.89 bits per heavy atom. The van der Waals surface area contributed by atoms with Crippen LogP contribution in [0.5, 0.6) is 0 Å². The molecule has 28 heavy (non-hydrogen) atoms. The fourth-order valence-electron chi connectivity index (χ4n) is 3.12. The number of aliphatic imine (C=N–C) groups is 1. The molecule has 158 valence electrons. The Morgan fingerprint density at radius 3 is 2.57 bits per heavy atom. The Labute approximate surface area is 174 Å². The Morgan fingerprint density at radius 1 is 1.18 bits per heavy atom. The van der Waals surface area contributed by atoms with Gasteiger partial charge in [0.05, 0.1) is 0 Å². The van der Waals surface area contributed by atoms with Gasteiger partial charge in [-0.05, 0) is 56.3 Å². The number of likely N-dealkylation sites (N-methyl/N-ethyl adjacent to an activating group) is 1. The maximum Gasteiger partial charge on any atom is 0.191 e. The first kappa shape index (κ1) is 23.0. The van der Waals surface area contributed by atoms with E-state index in [2.05, 4.69) is 41.3 Å². The first-order valence-corrected chi connectivity index (χ1v) is 11.4. The monoisotopic (exact) mass is 409 g/mol. The zero-order valence-electron chi connectivity index (χ0n) is 17.6. The van der Waals surface area contributed by atoms with Crippen LogP contribution in [0.15, 0.2) is 34.2 Å². The SMILES string of the molecule is CCNC(=NCC(C)CN1CCN(C)CC1)NCCCSc1ccc(F)cc1. The molecule has 1 unspecified atom stereocenters. The molecule has 1 heterocycles. The lowest BCUT2D eigenvalue weighted by atomic mass is 10.1. The summed E-state index contributed by atoms with van der Waals surface area (Å²) in [7, 11) is 2.19. The molecule has 2 N–H and O–H groups in total. The van der Waals surface area contributed by atoms with Gasteiger partial charge in [-0.3, -0.25) is 4.99 Å². The van der Waals surface area contributed by atoms with Gasteiger partial charge in [0.25, 0.3) is 0 Å². The van der Waals surface area contributed by atoms with E-state index in [4.69, 9.17) is 4.99 Å². The Bertz CT molecular complexity index is 573. The van der Waals surface area contributed by atoms with Gasteiger partial charge in [0.1, 0.15) is 5.82 Å². The molecule has 1 aromatic carbocycles. The fourth-order valence-corrected chi connectivity index (χ4v) is 3.97. The minimum absolute atomic E-state index is 0.181. The number of piperazine rings is 1. The zero-order chi connectivity index (χ0) is 20.2. The van der Waals surface area contributed by atoms with Crippen LogP contribution in [-0.4, -0.2) is 80.9 Å². The molecular formula is C21H36FN5S. The smallest absolute Gasteiger partial charge is 0.191 e. The minimum Gasteiger partial charge on any atom is -0.357 e. The van der Waals surface area contributed by atoms with Crippen LogP contribution in [0.25, 0.3) is 0 Å². The summed E-state index contributed by atoms with van der Waals surface area (Å²) in [5, 5.41) is 6.76. The van der Waals surface area contributed by atoms with Crippen molar-refractivity contribution in [3.05, 3.63) is 30.1 Å². The molecule has 1 aromatic rings. The first-order valence-electron chi connectivity index (χ1n) is 10.4. The van der Waals surface area contributed by atoms with Crippen LogP contribution in [0.2, 0.25) is 0 Å². The van der Waals surface area contributed by atoms with Gasteiger partial charge in [-0.25, -0.2) is 4.39 Å². The van der Waals surface area contributed by atoms with Crippen molar-refractivity contribution in [2.75, 3.05) is 65.2 Å². The number of thioether (sulfide) groups is 1. The predicted octanol–water partition coefficient (Wildman–Crippen LogP) is 2.75. The molecule has 0 radical (unpaired) electrons. The van der Waals surface area contributed by atoms with Crippen molar-refractivity contribution < 1.29 is 4.39 Å². The molecule has 1 saturated heterocycles. The van der Waals surface area contributed by atoms with Crippen molar-refractivity contribution in [3.8, 4) is 0 Å². The van der Waals surface area contributed by atoms with Crippen molar-refractivity contribution in [1.29, 1.82) is 0 Å². The predicted molar refractivity (Wildman–Crippen MR) is 119 cm³/mol. The molecular weight excluding hydrogens is 373 g/mol. The van der Waals surface area contributed by atoms with E-state index in [9.17, 15) is 4.39 Å². The average molecular weight is 410 g/mol. The standard InChI is InChI=1S/C21H36FN5S/c1-4-23-21(24-10-5-15-28-20-8-6-19(22)7-9-20)25-16-18(2)17-27-13-11-26(3)12-14-27/h6-9,18H,4-5,10-17H2,1-3H3,(H2,23,24,25). The second-order valence-corrected chi connectivity index (χ2v) is 8.68. The van der Waals surface area contributed by atoms with E-state index in [0.29, 0.717) is 5.92 Å². The Hall–Kier alpha value is -1.31. The number of nitrogens with one attached hydrogen (secondary N) is 2. The van der Waals surface area contributed by atoms with Crippen molar-refractivity contribution in [1.82, 2.24) is 20.4 Å². The molecule has 7 heteroatoms. The first-order chi connectivity index (χ1) is 13.6. The van der Waals surface area contributed by atoms with E-state index in [1.54, 1.807) is 11.8 Å². The molecule has 0 amide bonds. The number of hydrogen-bond acceptors (Lipinski definition) is 4. The van der Waals surface area contributed by atoms with Gasteiger partial charge in [-0.15, -0.1) is 11.8 Å². The van der Waals surface area contributed by atoms with Gasteiger partial charge < -0.3 is 20.4 Å². The van der Waals surface area contributed by atoms with Gasteiger partial charge in [-0.2, -0.15) is 0 Å². The van der Waals surface area contributed by atoms with E-state index in [1.807, 2.05) is 12.1 Å². The van der Waals surface area contributed by atoms with Gasteiger partial charge in [0.15, 0.2) is 5.96 Å². The lowest BCUT2D eigenvalue weighted by Crippen LogP contribution is -2.46. The highest BCUT2D eigenvalue weighted by molar-refractivity contribution is 7.99. The van der Waals surface area contributed by atoms with E-state index < -0.39 is 0 Å². The summed E-state index contributed by atoms with van der Waals surface area (Å²) in [5.41, 5.74) is 0. The molecule has 5 nitrogen and oxygen atoms in total. The topological polar surface area (TPSA) is 42.9 Å². The highest BCUT2D eigenvalue weighted by Crippen LogP contribution is 2.18. The molecule has 0 bridgehead atoms. The Balaban J connectivity index is 1.64. The van der Waals surface area contributed by atoms with E-state index in [1.165, 1.54) is 12.1 Å². The molecule has 1 aliphatic heterocycles. The largest absolute Gasteiger partial charge is 0.357 e. The van der Waals surface area contributed by atoms with Crippen LogP contribution >= 0.6 is 11.8 Å². The molecule has 0 aromatic heterocycles. The van der Waals surface area contributed by atoms with Gasteiger partial charge in [0.2, 0.25) is 0 Å². The lowest BCUT2D eigenvalue weighted by Gasteiger charge is -2.33. The third-order valence-electron chi connectivity index (χ3n) is 4.77. The summed E-state index contributed by atoms with van der Waals surface area (Å²) in [6, 6.07) is 6.70. The molecule has 0 saturated carbocycles. The maximum atomic E-state index is 12.9. The van der Waals surface area contributed by atoms with Crippen molar-refractivity contribution in [2.45, 2.75) is 25.2 Å². The lowest BCUT2D eigenvalue weighted by molar-refractivity contribution is 0.140. The number of halogens is 1. The Kier molecular flexibility index (Phi) is 10.7. The van der Waals surface area contributed by atoms with E-state index in [0.717, 1.165) is 75.4 Å².